The van der Waals surface area contributed by atoms with Crippen LogP contribution >= 0.6 is 11.6 Å². The zero-order valence-corrected chi connectivity index (χ0v) is 5.16. The molecule has 0 rings (SSSR count). The van der Waals surface area contributed by atoms with Crippen molar-refractivity contribution in [3.05, 3.63) is 0 Å². The standard InChI is InChI=1S/C3H9ClN3/c1-5-7(3-4)6-2/h3,5-6H,1-2H3/q+1. The average Bonchev–Trinajstić information content (AvgIpc) is 1.72. The van der Waals surface area contributed by atoms with Gasteiger partial charge in [0.1, 0.15) is 0 Å². The molecule has 0 aliphatic rings. The van der Waals surface area contributed by atoms with Gasteiger partial charge in [0, 0.05) is 4.79 Å². The van der Waals surface area contributed by atoms with Gasteiger partial charge in [0.05, 0.1) is 14.1 Å². The molecule has 7 heavy (non-hydrogen) atoms. The fourth-order valence-corrected chi connectivity index (χ4v) is 0.405. The lowest BCUT2D eigenvalue weighted by atomic mass is 11.4. The molecule has 0 aliphatic heterocycles. The Labute approximate surface area is 47.9 Å². The molecule has 0 aliphatic carbocycles. The Morgan fingerprint density at radius 2 is 1.86 bits per heavy atom. The maximum Gasteiger partial charge on any atom is 0.294 e. The number of hydrazone groups is 2. The van der Waals surface area contributed by atoms with Crippen molar-refractivity contribution in [3.8, 4) is 0 Å². The van der Waals surface area contributed by atoms with Crippen molar-refractivity contribution in [1.29, 1.82) is 0 Å². The van der Waals surface area contributed by atoms with Gasteiger partial charge < -0.3 is 0 Å². The highest BCUT2D eigenvalue weighted by molar-refractivity contribution is 6.54. The predicted octanol–water partition coefficient (Wildman–Crippen LogP) is -0.465. The summed E-state index contributed by atoms with van der Waals surface area (Å²) in [4.78, 5) is 1.52. The van der Waals surface area contributed by atoms with Gasteiger partial charge in [-0.25, -0.2) is 0 Å². The van der Waals surface area contributed by atoms with Crippen LogP contribution in [0.15, 0.2) is 0 Å². The Balaban J connectivity index is 3.38. The van der Waals surface area contributed by atoms with Crippen LogP contribution in [0, 0.1) is 0 Å². The summed E-state index contributed by atoms with van der Waals surface area (Å²) < 4.78 is 0. The largest absolute Gasteiger partial charge is 0.294 e. The maximum atomic E-state index is 5.24. The molecule has 0 atom stereocenters. The molecule has 0 bridgehead atoms. The van der Waals surface area contributed by atoms with E-state index in [4.69, 9.17) is 11.6 Å². The second kappa shape index (κ2) is 3.74. The Morgan fingerprint density at radius 1 is 1.43 bits per heavy atom. The first-order valence-electron chi connectivity index (χ1n) is 1.92. The zero-order chi connectivity index (χ0) is 5.70. The quantitative estimate of drug-likeness (QED) is 0.295. The fraction of sp³-hybridized carbons (Fsp3) is 0.667. The van der Waals surface area contributed by atoms with Gasteiger partial charge in [-0.3, -0.25) is 0 Å². The number of hydrogen-bond acceptors (Lipinski definition) is 2. The first kappa shape index (κ1) is 6.56. The van der Waals surface area contributed by atoms with Crippen molar-refractivity contribution in [3.63, 3.8) is 0 Å². The molecule has 0 aromatic rings. The van der Waals surface area contributed by atoms with Crippen LogP contribution in [0.1, 0.15) is 0 Å². The summed E-state index contributed by atoms with van der Waals surface area (Å²) in [6, 6.07) is 0. The van der Waals surface area contributed by atoms with E-state index >= 15 is 0 Å². The first-order valence-corrected chi connectivity index (χ1v) is 2.36. The summed E-state index contributed by atoms with van der Waals surface area (Å²) in [5.74, 6) is 0. The minimum Gasteiger partial charge on any atom is -0.173 e. The molecule has 0 fully saturated rings. The molecule has 0 heterocycles. The molecule has 0 amide bonds. The number of nitrogens with one attached hydrogen (secondary N) is 2. The van der Waals surface area contributed by atoms with Crippen LogP contribution in [0.4, 0.5) is 0 Å². The third-order valence-corrected chi connectivity index (χ3v) is 0.775. The Hall–Kier alpha value is -0.440. The number of rotatable bonds is 2. The second-order valence-corrected chi connectivity index (χ2v) is 1.11. The van der Waals surface area contributed by atoms with Crippen LogP contribution in [-0.2, 0) is 0 Å². The molecule has 0 saturated heterocycles. The van der Waals surface area contributed by atoms with Crippen LogP contribution < -0.4 is 10.9 Å². The van der Waals surface area contributed by atoms with E-state index < -0.39 is 0 Å². The van der Waals surface area contributed by atoms with Crippen LogP contribution in [0.2, 0.25) is 0 Å². The van der Waals surface area contributed by atoms with Crippen molar-refractivity contribution >= 4 is 17.3 Å². The minimum absolute atomic E-state index is 1.36. The maximum absolute atomic E-state index is 5.24. The van der Waals surface area contributed by atoms with Crippen LogP contribution in [0.3, 0.4) is 0 Å². The summed E-state index contributed by atoms with van der Waals surface area (Å²) >= 11 is 5.24. The molecule has 0 radical (unpaired) electrons. The van der Waals surface area contributed by atoms with E-state index in [2.05, 4.69) is 10.9 Å². The van der Waals surface area contributed by atoms with E-state index in [0.29, 0.717) is 0 Å². The molecule has 0 aromatic carbocycles. The van der Waals surface area contributed by atoms with E-state index in [1.165, 1.54) is 10.5 Å². The summed E-state index contributed by atoms with van der Waals surface area (Å²) in [5, 5.41) is 0. The van der Waals surface area contributed by atoms with E-state index in [9.17, 15) is 0 Å². The van der Waals surface area contributed by atoms with Gasteiger partial charge in [0.15, 0.2) is 0 Å². The van der Waals surface area contributed by atoms with Gasteiger partial charge in [-0.15, -0.1) is 0 Å². The third kappa shape index (κ3) is 2.28. The second-order valence-electron chi connectivity index (χ2n) is 0.915. The molecular formula is C3H9ClN3+. The Bertz CT molecular complexity index is 64.6. The fourth-order valence-electron chi connectivity index (χ4n) is 0.209. The van der Waals surface area contributed by atoms with Crippen molar-refractivity contribution in [2.45, 2.75) is 0 Å². The minimum atomic E-state index is 1.36. The molecule has 3 nitrogen and oxygen atoms in total. The summed E-state index contributed by atoms with van der Waals surface area (Å²) in [5.41, 5.74) is 6.83. The van der Waals surface area contributed by atoms with E-state index in [1.54, 1.807) is 14.1 Å². The number of hydrogen-bond donors (Lipinski definition) is 2. The monoisotopic (exact) mass is 122 g/mol. The molecule has 2 N–H and O–H groups in total. The van der Waals surface area contributed by atoms with Crippen LogP contribution in [0.5, 0.6) is 0 Å². The lowest BCUT2D eigenvalue weighted by Gasteiger charge is -1.91. The van der Waals surface area contributed by atoms with Crippen molar-refractivity contribution in [2.24, 2.45) is 0 Å². The van der Waals surface area contributed by atoms with Gasteiger partial charge in [0.25, 0.3) is 5.67 Å². The molecular weight excluding hydrogens is 114 g/mol. The van der Waals surface area contributed by atoms with E-state index in [1.807, 2.05) is 0 Å². The van der Waals surface area contributed by atoms with Gasteiger partial charge in [-0.05, 0) is 11.6 Å². The predicted molar refractivity (Wildman–Crippen MR) is 30.3 cm³/mol. The molecule has 42 valence electrons. The Kier molecular flexibility index (Phi) is 3.50. The molecule has 4 heteroatoms. The van der Waals surface area contributed by atoms with Crippen molar-refractivity contribution < 1.29 is 4.79 Å². The topological polar surface area (TPSA) is 27.1 Å². The van der Waals surface area contributed by atoms with Gasteiger partial charge >= 0.3 is 0 Å². The number of nitrogens with zero attached hydrogens (tertiary/aromatic N) is 1. The molecule has 0 spiro atoms. The van der Waals surface area contributed by atoms with Crippen molar-refractivity contribution in [1.82, 2.24) is 10.9 Å². The summed E-state index contributed by atoms with van der Waals surface area (Å²) in [7, 11) is 3.52. The van der Waals surface area contributed by atoms with Gasteiger partial charge in [-0.2, -0.15) is 10.9 Å². The smallest absolute Gasteiger partial charge is 0.173 e. The Morgan fingerprint density at radius 3 is 1.86 bits per heavy atom. The third-order valence-electron chi connectivity index (χ3n) is 0.579. The van der Waals surface area contributed by atoms with Gasteiger partial charge in [-0.1, -0.05) is 0 Å². The lowest BCUT2D eigenvalue weighted by Crippen LogP contribution is -2.34. The average molecular weight is 123 g/mol. The van der Waals surface area contributed by atoms with Crippen LogP contribution in [0.25, 0.3) is 0 Å². The van der Waals surface area contributed by atoms with Gasteiger partial charge in [0.2, 0.25) is 0 Å². The number of halogens is 1. The summed E-state index contributed by atoms with van der Waals surface area (Å²) in [6.45, 7) is 0. The zero-order valence-electron chi connectivity index (χ0n) is 4.40. The highest BCUT2D eigenvalue weighted by Gasteiger charge is 1.86. The summed E-state index contributed by atoms with van der Waals surface area (Å²) in [6.07, 6.45) is 0. The highest BCUT2D eigenvalue weighted by atomic mass is 35.5. The van der Waals surface area contributed by atoms with E-state index in [-0.39, 0.29) is 0 Å². The molecule has 0 unspecified atom stereocenters. The number of hydrazine groups is 2. The normalized spacial score (nSPS) is 7.29. The van der Waals surface area contributed by atoms with Crippen LogP contribution in [-0.4, -0.2) is 24.6 Å². The van der Waals surface area contributed by atoms with E-state index in [0.717, 1.165) is 0 Å². The first-order chi connectivity index (χ1) is 3.35. The lowest BCUT2D eigenvalue weighted by molar-refractivity contribution is -0.628. The molecule has 0 saturated carbocycles. The molecule has 0 aromatic heterocycles. The highest BCUT2D eigenvalue weighted by Crippen LogP contribution is 1.56. The SMILES string of the molecule is CN[N+](=CCl)NC. The van der Waals surface area contributed by atoms with Crippen molar-refractivity contribution in [2.75, 3.05) is 14.1 Å².